The molecule has 5 heterocycles. The van der Waals surface area contributed by atoms with Gasteiger partial charge < -0.3 is 20.3 Å². The Bertz CT molecular complexity index is 1680. The Hall–Kier alpha value is -3.42. The highest BCUT2D eigenvalue weighted by molar-refractivity contribution is 6.33. The SMILES string of the molecule is C[C@@H]1CC(C(=O)Nc2ccc(C(F)(F)F)cc2Cl)n2c1c(N1CCN[C@H]3CC[C@@H]31)c(=O)n1nc(C3=CCOCC3)nc21. The molecule has 4 atom stereocenters. The maximum atomic E-state index is 14.2. The second kappa shape index (κ2) is 10.1. The number of piperazine rings is 1. The Morgan fingerprint density at radius 1 is 1.26 bits per heavy atom. The van der Waals surface area contributed by atoms with Crippen LogP contribution < -0.4 is 21.1 Å². The summed E-state index contributed by atoms with van der Waals surface area (Å²) < 4.78 is 48.0. The van der Waals surface area contributed by atoms with Gasteiger partial charge in [-0.3, -0.25) is 14.2 Å². The number of hydrogen-bond acceptors (Lipinski definition) is 7. The number of benzene rings is 1. The van der Waals surface area contributed by atoms with Gasteiger partial charge in [0.25, 0.3) is 5.56 Å². The molecule has 7 rings (SSSR count). The number of anilines is 2. The zero-order chi connectivity index (χ0) is 29.3. The molecule has 0 spiro atoms. The lowest BCUT2D eigenvalue weighted by molar-refractivity contribution is -0.137. The second-order valence-electron chi connectivity index (χ2n) is 11.3. The van der Waals surface area contributed by atoms with Crippen LogP contribution in [0.3, 0.4) is 0 Å². The number of halogens is 4. The second-order valence-corrected chi connectivity index (χ2v) is 11.8. The van der Waals surface area contributed by atoms with Crippen LogP contribution in [-0.2, 0) is 15.7 Å². The van der Waals surface area contributed by atoms with E-state index in [4.69, 9.17) is 21.3 Å². The van der Waals surface area contributed by atoms with Gasteiger partial charge in [0, 0.05) is 31.1 Å². The van der Waals surface area contributed by atoms with Crippen molar-refractivity contribution in [2.45, 2.75) is 62.8 Å². The van der Waals surface area contributed by atoms with Crippen molar-refractivity contribution in [1.82, 2.24) is 24.5 Å². The fraction of sp³-hybridized carbons (Fsp3) is 0.500. The van der Waals surface area contributed by atoms with E-state index < -0.39 is 23.7 Å². The average Bonchev–Trinajstić information content (AvgIpc) is 3.53. The summed E-state index contributed by atoms with van der Waals surface area (Å²) in [5.74, 6) is 0.0286. The van der Waals surface area contributed by atoms with Crippen molar-refractivity contribution >= 4 is 40.2 Å². The van der Waals surface area contributed by atoms with Crippen LogP contribution in [0.25, 0.3) is 11.4 Å². The first kappa shape index (κ1) is 27.4. The first-order valence-electron chi connectivity index (χ1n) is 14.1. The number of carbonyl (C=O) groups excluding carboxylic acids is 1. The van der Waals surface area contributed by atoms with E-state index in [9.17, 15) is 22.8 Å². The van der Waals surface area contributed by atoms with Crippen molar-refractivity contribution < 1.29 is 22.7 Å². The molecule has 0 radical (unpaired) electrons. The number of ether oxygens (including phenoxy) is 1. The lowest BCUT2D eigenvalue weighted by Crippen LogP contribution is -2.64. The van der Waals surface area contributed by atoms with Gasteiger partial charge in [0.2, 0.25) is 11.7 Å². The molecule has 4 aliphatic rings. The van der Waals surface area contributed by atoms with Crippen molar-refractivity contribution in [3.8, 4) is 0 Å². The maximum Gasteiger partial charge on any atom is 0.416 e. The number of rotatable bonds is 4. The van der Waals surface area contributed by atoms with Crippen LogP contribution >= 0.6 is 11.6 Å². The van der Waals surface area contributed by atoms with Gasteiger partial charge in [0.05, 0.1) is 35.2 Å². The Morgan fingerprint density at radius 3 is 2.79 bits per heavy atom. The van der Waals surface area contributed by atoms with E-state index in [-0.39, 0.29) is 34.0 Å². The molecular formula is C28H29ClF3N7O3. The van der Waals surface area contributed by atoms with E-state index >= 15 is 0 Å². The predicted octanol–water partition coefficient (Wildman–Crippen LogP) is 3.99. The van der Waals surface area contributed by atoms with E-state index in [0.717, 1.165) is 48.9 Å². The normalized spacial score (nSPS) is 25.5. The third kappa shape index (κ3) is 4.40. The van der Waals surface area contributed by atoms with Crippen LogP contribution in [0.2, 0.25) is 5.02 Å². The van der Waals surface area contributed by atoms with Crippen LogP contribution in [0.4, 0.5) is 24.5 Å². The van der Waals surface area contributed by atoms with E-state index in [1.165, 1.54) is 4.52 Å². The number of hydrogen-bond donors (Lipinski definition) is 2. The van der Waals surface area contributed by atoms with Crippen molar-refractivity contribution in [3.63, 3.8) is 0 Å². The number of aromatic nitrogens is 4. The lowest BCUT2D eigenvalue weighted by Gasteiger charge is -2.50. The van der Waals surface area contributed by atoms with Crippen molar-refractivity contribution in [2.75, 3.05) is 36.5 Å². The third-order valence-electron chi connectivity index (χ3n) is 8.85. The van der Waals surface area contributed by atoms with Crippen LogP contribution in [0.1, 0.15) is 61.6 Å². The highest BCUT2D eigenvalue weighted by Crippen LogP contribution is 2.44. The fourth-order valence-electron chi connectivity index (χ4n) is 6.63. The number of nitrogens with zero attached hydrogens (tertiary/aromatic N) is 5. The molecule has 42 heavy (non-hydrogen) atoms. The molecule has 10 nitrogen and oxygen atoms in total. The smallest absolute Gasteiger partial charge is 0.377 e. The Balaban J connectivity index is 1.35. The first-order valence-corrected chi connectivity index (χ1v) is 14.5. The molecule has 1 aromatic carbocycles. The van der Waals surface area contributed by atoms with Gasteiger partial charge in [-0.2, -0.15) is 22.7 Å². The zero-order valence-corrected chi connectivity index (χ0v) is 23.5. The monoisotopic (exact) mass is 603 g/mol. The molecule has 1 unspecified atom stereocenters. The van der Waals surface area contributed by atoms with Gasteiger partial charge in [0.1, 0.15) is 11.7 Å². The summed E-state index contributed by atoms with van der Waals surface area (Å²) in [6.07, 6.45) is 0.284. The van der Waals surface area contributed by atoms with Gasteiger partial charge in [-0.1, -0.05) is 24.6 Å². The minimum atomic E-state index is -4.56. The molecule has 14 heteroatoms. The molecule has 1 amide bonds. The molecule has 0 bridgehead atoms. The minimum absolute atomic E-state index is 0.0713. The van der Waals surface area contributed by atoms with Crippen molar-refractivity contribution in [2.24, 2.45) is 0 Å². The summed E-state index contributed by atoms with van der Waals surface area (Å²) in [5.41, 5.74) is 1.02. The number of fused-ring (bicyclic) bond motifs is 4. The molecule has 1 saturated carbocycles. The molecule has 2 fully saturated rings. The predicted molar refractivity (Wildman–Crippen MR) is 150 cm³/mol. The summed E-state index contributed by atoms with van der Waals surface area (Å²) in [6, 6.07) is 2.49. The molecule has 2 N–H and O–H groups in total. The number of amides is 1. The molecule has 1 aliphatic carbocycles. The number of carbonyl (C=O) groups is 1. The standard InChI is InChI=1S/C28H29ClF3N7O3/c1-14-12-21(25(40)34-18-3-2-16(13-17(18)29)28(30,31)32)38-22(14)23(37-9-8-33-19-4-5-20(19)37)26(41)39-27(38)35-24(36-39)15-6-10-42-11-7-15/h2-3,6,13-14,19-21,33H,4-5,7-12H2,1H3,(H,34,40)/t14-,19+,20+,21?/m1/s1. The van der Waals surface area contributed by atoms with Crippen molar-refractivity contribution in [3.05, 3.63) is 56.7 Å². The van der Waals surface area contributed by atoms with Gasteiger partial charge >= 0.3 is 6.18 Å². The van der Waals surface area contributed by atoms with E-state index in [1.807, 2.05) is 13.0 Å². The first-order chi connectivity index (χ1) is 20.1. The number of alkyl halides is 3. The minimum Gasteiger partial charge on any atom is -0.377 e. The van der Waals surface area contributed by atoms with Gasteiger partial charge in [-0.15, -0.1) is 5.10 Å². The fourth-order valence-corrected chi connectivity index (χ4v) is 6.86. The highest BCUT2D eigenvalue weighted by Gasteiger charge is 2.45. The Kier molecular flexibility index (Phi) is 6.59. The van der Waals surface area contributed by atoms with E-state index in [2.05, 4.69) is 20.6 Å². The summed E-state index contributed by atoms with van der Waals surface area (Å²) in [6.45, 7) is 4.29. The maximum absolute atomic E-state index is 14.2. The molecule has 2 aromatic heterocycles. The third-order valence-corrected chi connectivity index (χ3v) is 9.16. The summed E-state index contributed by atoms with van der Waals surface area (Å²) in [5, 5.41) is 10.7. The van der Waals surface area contributed by atoms with Crippen LogP contribution in [0, 0.1) is 0 Å². The topological polar surface area (TPSA) is 106 Å². The highest BCUT2D eigenvalue weighted by atomic mass is 35.5. The largest absolute Gasteiger partial charge is 0.416 e. The molecule has 1 saturated heterocycles. The summed E-state index contributed by atoms with van der Waals surface area (Å²) >= 11 is 6.16. The number of nitrogens with one attached hydrogen (secondary N) is 2. The van der Waals surface area contributed by atoms with Crippen molar-refractivity contribution in [1.29, 1.82) is 0 Å². The van der Waals surface area contributed by atoms with Gasteiger partial charge in [0.15, 0.2) is 5.82 Å². The summed E-state index contributed by atoms with van der Waals surface area (Å²) in [4.78, 5) is 34.9. The quantitative estimate of drug-likeness (QED) is 0.465. The molecule has 3 aromatic rings. The molecule has 3 aliphatic heterocycles. The van der Waals surface area contributed by atoms with Gasteiger partial charge in [-0.05, 0) is 49.5 Å². The molecule has 222 valence electrons. The lowest BCUT2D eigenvalue weighted by atomic mass is 9.83. The molecular weight excluding hydrogens is 575 g/mol. The Morgan fingerprint density at radius 2 is 2.10 bits per heavy atom. The van der Waals surface area contributed by atoms with E-state index in [1.54, 1.807) is 4.57 Å². The Labute approximate surface area is 243 Å². The summed E-state index contributed by atoms with van der Waals surface area (Å²) in [7, 11) is 0. The van der Waals surface area contributed by atoms with Crippen LogP contribution in [0.15, 0.2) is 29.1 Å². The van der Waals surface area contributed by atoms with Crippen LogP contribution in [0.5, 0.6) is 0 Å². The average molecular weight is 604 g/mol. The van der Waals surface area contributed by atoms with Gasteiger partial charge in [-0.25, -0.2) is 0 Å². The van der Waals surface area contributed by atoms with Crippen LogP contribution in [-0.4, -0.2) is 63.5 Å². The van der Waals surface area contributed by atoms with E-state index in [0.29, 0.717) is 50.2 Å². The zero-order valence-electron chi connectivity index (χ0n) is 22.7.